The molecule has 0 aromatic heterocycles. The van der Waals surface area contributed by atoms with Crippen molar-refractivity contribution in [2.75, 3.05) is 17.3 Å². The Morgan fingerprint density at radius 1 is 1.03 bits per heavy atom. The lowest BCUT2D eigenvalue weighted by Gasteiger charge is -2.16. The monoisotopic (exact) mass is 495 g/mol. The summed E-state index contributed by atoms with van der Waals surface area (Å²) in [4.78, 5) is 27.2. The van der Waals surface area contributed by atoms with Crippen LogP contribution in [-0.2, 0) is 19.6 Å². The molecule has 1 heterocycles. The Hall–Kier alpha value is -3.63. The number of amidine groups is 1. The van der Waals surface area contributed by atoms with Gasteiger partial charge in [0.15, 0.2) is 5.17 Å². The Morgan fingerprint density at radius 3 is 2.38 bits per heavy atom. The third kappa shape index (κ3) is 5.29. The Labute approximate surface area is 201 Å². The second-order valence-electron chi connectivity index (χ2n) is 7.26. The second-order valence-corrected chi connectivity index (χ2v) is 10.0. The first-order valence-corrected chi connectivity index (χ1v) is 12.6. The van der Waals surface area contributed by atoms with Gasteiger partial charge in [0.25, 0.3) is 10.0 Å². The summed E-state index contributed by atoms with van der Waals surface area (Å²) in [6.07, 6.45) is -0.158. The van der Waals surface area contributed by atoms with E-state index in [1.54, 1.807) is 72.8 Å². The van der Waals surface area contributed by atoms with E-state index in [4.69, 9.17) is 4.74 Å². The summed E-state index contributed by atoms with van der Waals surface area (Å²) in [6, 6.07) is 23.3. The van der Waals surface area contributed by atoms with Crippen LogP contribution in [0.15, 0.2) is 94.2 Å². The number of rotatable bonds is 7. The highest BCUT2D eigenvalue weighted by Gasteiger charge is 2.41. The number of para-hydroxylation sites is 1. The smallest absolute Gasteiger partial charge is 0.284 e. The molecule has 0 spiro atoms. The van der Waals surface area contributed by atoms with Gasteiger partial charge in [-0.25, -0.2) is 0 Å². The Morgan fingerprint density at radius 2 is 1.71 bits per heavy atom. The number of carbonyl (C=O) groups excluding carboxylic acids is 2. The summed E-state index contributed by atoms with van der Waals surface area (Å²) in [5.41, 5.74) is 0.998. The van der Waals surface area contributed by atoms with Crippen molar-refractivity contribution in [3.63, 3.8) is 0 Å². The normalized spacial score (nSPS) is 17.1. The fourth-order valence-electron chi connectivity index (χ4n) is 3.30. The third-order valence-corrected chi connectivity index (χ3v) is 7.45. The van der Waals surface area contributed by atoms with Gasteiger partial charge in [-0.15, -0.1) is 4.40 Å². The average molecular weight is 496 g/mol. The predicted molar refractivity (Wildman–Crippen MR) is 133 cm³/mol. The van der Waals surface area contributed by atoms with Crippen molar-refractivity contribution in [2.45, 2.75) is 16.6 Å². The maximum Gasteiger partial charge on any atom is 0.284 e. The number of nitrogens with one attached hydrogen (secondary N) is 1. The number of hydrogen-bond acceptors (Lipinski definition) is 6. The van der Waals surface area contributed by atoms with Gasteiger partial charge < -0.3 is 10.1 Å². The van der Waals surface area contributed by atoms with E-state index in [1.807, 2.05) is 0 Å². The molecule has 0 radical (unpaired) electrons. The number of nitrogens with zero attached hydrogens (tertiary/aromatic N) is 2. The Bertz CT molecular complexity index is 1330. The fraction of sp³-hybridized carbons (Fsp3) is 0.125. The molecule has 174 valence electrons. The summed E-state index contributed by atoms with van der Waals surface area (Å²) in [5, 5.41) is 1.91. The van der Waals surface area contributed by atoms with Gasteiger partial charge in [0.1, 0.15) is 11.0 Å². The largest absolute Gasteiger partial charge is 0.497 e. The van der Waals surface area contributed by atoms with E-state index in [1.165, 1.54) is 24.1 Å². The minimum atomic E-state index is -4.06. The molecule has 3 aromatic rings. The molecule has 4 rings (SSSR count). The van der Waals surface area contributed by atoms with Crippen LogP contribution in [0.2, 0.25) is 0 Å². The minimum absolute atomic E-state index is 0.000710. The van der Waals surface area contributed by atoms with Gasteiger partial charge in [0.2, 0.25) is 11.8 Å². The standard InChI is InChI=1S/C24H21N3O5S2/c1-32-19-12-8-9-17(15-19)25-22(28)16-21-23(29)27(18-10-4-2-5-11-18)24(33-21)26-34(30,31)20-13-6-3-7-14-20/h2-15,21H,16H2,1H3,(H,25,28)/t21-/m0/s1. The number of hydrogen-bond donors (Lipinski definition) is 1. The maximum absolute atomic E-state index is 13.3. The molecule has 0 aliphatic carbocycles. The molecular formula is C24H21N3O5S2. The van der Waals surface area contributed by atoms with Gasteiger partial charge in [-0.2, -0.15) is 8.42 Å². The van der Waals surface area contributed by atoms with Gasteiger partial charge in [0.05, 0.1) is 17.7 Å². The number of ether oxygens (including phenoxy) is 1. The van der Waals surface area contributed by atoms with Crippen molar-refractivity contribution in [1.82, 2.24) is 0 Å². The first-order chi connectivity index (χ1) is 16.4. The topological polar surface area (TPSA) is 105 Å². The summed E-state index contributed by atoms with van der Waals surface area (Å²) in [6.45, 7) is 0. The van der Waals surface area contributed by atoms with Crippen molar-refractivity contribution in [3.05, 3.63) is 84.9 Å². The van der Waals surface area contributed by atoms with Gasteiger partial charge in [-0.3, -0.25) is 14.5 Å². The lowest BCUT2D eigenvalue weighted by atomic mass is 10.2. The zero-order chi connectivity index (χ0) is 24.1. The molecule has 1 saturated heterocycles. The Balaban J connectivity index is 1.60. The molecule has 2 amide bonds. The van der Waals surface area contributed by atoms with Crippen LogP contribution < -0.4 is 15.0 Å². The minimum Gasteiger partial charge on any atom is -0.497 e. The van der Waals surface area contributed by atoms with Crippen LogP contribution in [0.4, 0.5) is 11.4 Å². The maximum atomic E-state index is 13.3. The molecular weight excluding hydrogens is 474 g/mol. The van der Waals surface area contributed by atoms with E-state index in [-0.39, 0.29) is 22.4 Å². The van der Waals surface area contributed by atoms with Crippen molar-refractivity contribution in [3.8, 4) is 5.75 Å². The van der Waals surface area contributed by atoms with Crippen LogP contribution in [0.1, 0.15) is 6.42 Å². The molecule has 0 bridgehead atoms. The van der Waals surface area contributed by atoms with E-state index in [0.717, 1.165) is 11.8 Å². The summed E-state index contributed by atoms with van der Waals surface area (Å²) in [7, 11) is -2.53. The number of anilines is 2. The zero-order valence-electron chi connectivity index (χ0n) is 18.1. The first-order valence-electron chi connectivity index (χ1n) is 10.3. The van der Waals surface area contributed by atoms with Crippen LogP contribution in [0, 0.1) is 0 Å². The SMILES string of the molecule is COc1cccc(NC(=O)C[C@@H]2SC(=NS(=O)(=O)c3ccccc3)N(c3ccccc3)C2=O)c1. The van der Waals surface area contributed by atoms with Crippen LogP contribution in [0.5, 0.6) is 5.75 Å². The average Bonchev–Trinajstić information content (AvgIpc) is 3.13. The highest BCUT2D eigenvalue weighted by molar-refractivity contribution is 8.16. The molecule has 0 saturated carbocycles. The van der Waals surface area contributed by atoms with Gasteiger partial charge in [-0.1, -0.05) is 54.2 Å². The summed E-state index contributed by atoms with van der Waals surface area (Å²) >= 11 is 0.951. The van der Waals surface area contributed by atoms with Crippen molar-refractivity contribution < 1.29 is 22.7 Å². The number of carbonyl (C=O) groups is 2. The van der Waals surface area contributed by atoms with Gasteiger partial charge in [0, 0.05) is 18.2 Å². The van der Waals surface area contributed by atoms with Crippen LogP contribution >= 0.6 is 11.8 Å². The zero-order valence-corrected chi connectivity index (χ0v) is 19.8. The summed E-state index contributed by atoms with van der Waals surface area (Å²) < 4.78 is 34.9. The molecule has 8 nitrogen and oxygen atoms in total. The third-order valence-electron chi connectivity index (χ3n) is 4.91. The quantitative estimate of drug-likeness (QED) is 0.533. The highest BCUT2D eigenvalue weighted by atomic mass is 32.2. The van der Waals surface area contributed by atoms with E-state index >= 15 is 0 Å². The lowest BCUT2D eigenvalue weighted by Crippen LogP contribution is -2.33. The van der Waals surface area contributed by atoms with Gasteiger partial charge >= 0.3 is 0 Å². The van der Waals surface area contributed by atoms with Crippen LogP contribution in [0.3, 0.4) is 0 Å². The molecule has 0 unspecified atom stereocenters. The number of amides is 2. The van der Waals surface area contributed by atoms with Crippen molar-refractivity contribution in [1.29, 1.82) is 0 Å². The lowest BCUT2D eigenvalue weighted by molar-refractivity contribution is -0.121. The van der Waals surface area contributed by atoms with Crippen LogP contribution in [0.25, 0.3) is 0 Å². The molecule has 1 aliphatic heterocycles. The first kappa shape index (κ1) is 23.5. The molecule has 1 fully saturated rings. The van der Waals surface area contributed by atoms with E-state index in [9.17, 15) is 18.0 Å². The molecule has 10 heteroatoms. The van der Waals surface area contributed by atoms with Crippen molar-refractivity contribution in [2.24, 2.45) is 4.40 Å². The molecule has 34 heavy (non-hydrogen) atoms. The second kappa shape index (κ2) is 10.1. The van der Waals surface area contributed by atoms with E-state index in [0.29, 0.717) is 17.1 Å². The molecule has 1 N–H and O–H groups in total. The van der Waals surface area contributed by atoms with Crippen LogP contribution in [-0.4, -0.2) is 37.8 Å². The molecule has 3 aromatic carbocycles. The number of benzene rings is 3. The van der Waals surface area contributed by atoms with E-state index < -0.39 is 21.2 Å². The molecule has 1 atom stereocenters. The fourth-order valence-corrected chi connectivity index (χ4v) is 5.66. The van der Waals surface area contributed by atoms with Crippen molar-refractivity contribution >= 4 is 50.1 Å². The number of sulfonamides is 1. The predicted octanol–water partition coefficient (Wildman–Crippen LogP) is 3.92. The summed E-state index contributed by atoms with van der Waals surface area (Å²) in [5.74, 6) is -0.224. The Kier molecular flexibility index (Phi) is 6.99. The number of methoxy groups -OCH3 is 1. The highest BCUT2D eigenvalue weighted by Crippen LogP contribution is 2.35. The molecule has 1 aliphatic rings. The number of thioether (sulfide) groups is 1. The van der Waals surface area contributed by atoms with E-state index in [2.05, 4.69) is 9.71 Å². The van der Waals surface area contributed by atoms with Gasteiger partial charge in [-0.05, 0) is 36.4 Å².